The summed E-state index contributed by atoms with van der Waals surface area (Å²) < 4.78 is 5.10. The smallest absolute Gasteiger partial charge is 0.0590 e. The Labute approximate surface area is 63.0 Å². The number of hydrogen-bond acceptors (Lipinski definition) is 2. The first-order chi connectivity index (χ1) is 4.91. The molecular weight excluding hydrogens is 126 g/mol. The number of nitrogens with one attached hydrogen (secondary N) is 1. The zero-order valence-electron chi connectivity index (χ0n) is 6.52. The normalized spacial score (nSPS) is 9.20. The van der Waals surface area contributed by atoms with Crippen molar-refractivity contribution in [3.05, 3.63) is 0 Å². The largest absolute Gasteiger partial charge is 0.380 e. The van der Waals surface area contributed by atoms with Crippen LogP contribution >= 0.6 is 0 Å². The van der Waals surface area contributed by atoms with E-state index in [-0.39, 0.29) is 0 Å². The molecule has 1 N–H and O–H groups in total. The number of hydrogen-bond donors (Lipinski definition) is 1. The zero-order chi connectivity index (χ0) is 7.66. The van der Waals surface area contributed by atoms with Crippen molar-refractivity contribution < 1.29 is 4.74 Å². The summed E-state index contributed by atoms with van der Waals surface area (Å²) in [5, 5.41) is 3.15. The van der Waals surface area contributed by atoms with Crippen molar-refractivity contribution >= 4 is 0 Å². The maximum Gasteiger partial charge on any atom is 0.0590 e. The Hall–Kier alpha value is -0.520. The van der Waals surface area contributed by atoms with Crippen LogP contribution in [0.1, 0.15) is 13.3 Å². The molecular formula is C8H15NO. The molecule has 0 aliphatic carbocycles. The van der Waals surface area contributed by atoms with Crippen LogP contribution in [0.3, 0.4) is 0 Å². The fourth-order valence-electron chi connectivity index (χ4n) is 0.574. The molecule has 0 aromatic heterocycles. The van der Waals surface area contributed by atoms with E-state index in [4.69, 9.17) is 11.2 Å². The molecule has 58 valence electrons. The number of ether oxygens (including phenoxy) is 1. The summed E-state index contributed by atoms with van der Waals surface area (Å²) in [6, 6.07) is 0. The summed E-state index contributed by atoms with van der Waals surface area (Å²) in [6.07, 6.45) is 5.85. The van der Waals surface area contributed by atoms with Gasteiger partial charge in [-0.1, -0.05) is 0 Å². The fourth-order valence-corrected chi connectivity index (χ4v) is 0.574. The predicted molar refractivity (Wildman–Crippen MR) is 42.8 cm³/mol. The highest BCUT2D eigenvalue weighted by Crippen LogP contribution is 1.72. The molecule has 0 aliphatic rings. The van der Waals surface area contributed by atoms with Crippen LogP contribution in [-0.4, -0.2) is 26.3 Å². The summed E-state index contributed by atoms with van der Waals surface area (Å²) in [5.41, 5.74) is 0. The van der Waals surface area contributed by atoms with E-state index >= 15 is 0 Å². The van der Waals surface area contributed by atoms with Gasteiger partial charge in [-0.05, 0) is 6.92 Å². The lowest BCUT2D eigenvalue weighted by Gasteiger charge is -2.01. The fraction of sp³-hybridized carbons (Fsp3) is 0.750. The van der Waals surface area contributed by atoms with Crippen LogP contribution in [0.2, 0.25) is 0 Å². The molecule has 0 aliphatic heterocycles. The van der Waals surface area contributed by atoms with Crippen molar-refractivity contribution in [1.29, 1.82) is 0 Å². The molecule has 10 heavy (non-hydrogen) atoms. The standard InChI is InChI=1S/C8H15NO/c1-3-5-6-9-7-8-10-4-2/h1,9H,4-8H2,2H3. The van der Waals surface area contributed by atoms with Crippen molar-refractivity contribution in [2.24, 2.45) is 0 Å². The molecule has 0 aromatic carbocycles. The van der Waals surface area contributed by atoms with E-state index in [0.29, 0.717) is 0 Å². The monoisotopic (exact) mass is 141 g/mol. The Morgan fingerprint density at radius 1 is 1.50 bits per heavy atom. The molecule has 0 rings (SSSR count). The van der Waals surface area contributed by atoms with Gasteiger partial charge in [-0.3, -0.25) is 0 Å². The first kappa shape index (κ1) is 9.48. The lowest BCUT2D eigenvalue weighted by Crippen LogP contribution is -2.20. The van der Waals surface area contributed by atoms with E-state index < -0.39 is 0 Å². The van der Waals surface area contributed by atoms with Crippen molar-refractivity contribution in [3.63, 3.8) is 0 Å². The maximum atomic E-state index is 5.10. The SMILES string of the molecule is C#CCCNCCOCC. The molecule has 0 atom stereocenters. The van der Waals surface area contributed by atoms with Crippen molar-refractivity contribution in [3.8, 4) is 12.3 Å². The highest BCUT2D eigenvalue weighted by atomic mass is 16.5. The van der Waals surface area contributed by atoms with Gasteiger partial charge < -0.3 is 10.1 Å². The minimum absolute atomic E-state index is 0.779. The van der Waals surface area contributed by atoms with Crippen molar-refractivity contribution in [1.82, 2.24) is 5.32 Å². The zero-order valence-corrected chi connectivity index (χ0v) is 6.52. The summed E-state index contributed by atoms with van der Waals surface area (Å²) in [5.74, 6) is 2.56. The first-order valence-corrected chi connectivity index (χ1v) is 3.63. The summed E-state index contributed by atoms with van der Waals surface area (Å²) >= 11 is 0. The van der Waals surface area contributed by atoms with Crippen LogP contribution in [0.25, 0.3) is 0 Å². The molecule has 0 amide bonds. The second-order valence-corrected chi connectivity index (χ2v) is 1.90. The topological polar surface area (TPSA) is 21.3 Å². The molecule has 0 bridgehead atoms. The lowest BCUT2D eigenvalue weighted by atomic mass is 10.4. The second kappa shape index (κ2) is 8.48. The van der Waals surface area contributed by atoms with Gasteiger partial charge >= 0.3 is 0 Å². The van der Waals surface area contributed by atoms with E-state index in [2.05, 4.69) is 11.2 Å². The van der Waals surface area contributed by atoms with Gasteiger partial charge in [0.2, 0.25) is 0 Å². The Morgan fingerprint density at radius 2 is 2.30 bits per heavy atom. The van der Waals surface area contributed by atoms with Gasteiger partial charge in [0.15, 0.2) is 0 Å². The maximum absolute atomic E-state index is 5.10. The van der Waals surface area contributed by atoms with Gasteiger partial charge in [-0.25, -0.2) is 0 Å². The minimum Gasteiger partial charge on any atom is -0.380 e. The summed E-state index contributed by atoms with van der Waals surface area (Å²) in [4.78, 5) is 0. The summed E-state index contributed by atoms with van der Waals surface area (Å²) in [6.45, 7) is 5.35. The molecule has 2 heteroatoms. The van der Waals surface area contributed by atoms with Crippen LogP contribution in [-0.2, 0) is 4.74 Å². The summed E-state index contributed by atoms with van der Waals surface area (Å²) in [7, 11) is 0. The molecule has 0 heterocycles. The predicted octanol–water partition coefficient (Wildman–Crippen LogP) is 0.636. The third-order valence-corrected chi connectivity index (χ3v) is 1.07. The molecule has 2 nitrogen and oxygen atoms in total. The van der Waals surface area contributed by atoms with Gasteiger partial charge in [-0.15, -0.1) is 12.3 Å². The van der Waals surface area contributed by atoms with E-state index in [1.54, 1.807) is 0 Å². The molecule has 0 saturated carbocycles. The van der Waals surface area contributed by atoms with Gasteiger partial charge in [0, 0.05) is 26.1 Å². The van der Waals surface area contributed by atoms with Crippen LogP contribution in [0, 0.1) is 12.3 Å². The van der Waals surface area contributed by atoms with Gasteiger partial charge in [0.05, 0.1) is 6.61 Å². The van der Waals surface area contributed by atoms with Gasteiger partial charge in [0.25, 0.3) is 0 Å². The second-order valence-electron chi connectivity index (χ2n) is 1.90. The average Bonchev–Trinajstić information content (AvgIpc) is 1.97. The lowest BCUT2D eigenvalue weighted by molar-refractivity contribution is 0.149. The van der Waals surface area contributed by atoms with Gasteiger partial charge in [0.1, 0.15) is 0 Å². The van der Waals surface area contributed by atoms with Crippen LogP contribution in [0.15, 0.2) is 0 Å². The molecule has 0 aromatic rings. The van der Waals surface area contributed by atoms with Crippen LogP contribution in [0.5, 0.6) is 0 Å². The molecule has 0 unspecified atom stereocenters. The Kier molecular flexibility index (Phi) is 8.04. The molecule has 0 saturated heterocycles. The Morgan fingerprint density at radius 3 is 2.90 bits per heavy atom. The van der Waals surface area contributed by atoms with E-state index in [1.807, 2.05) is 6.92 Å². The van der Waals surface area contributed by atoms with Crippen molar-refractivity contribution in [2.45, 2.75) is 13.3 Å². The highest BCUT2D eigenvalue weighted by Gasteiger charge is 1.83. The minimum atomic E-state index is 0.779. The van der Waals surface area contributed by atoms with Crippen molar-refractivity contribution in [2.75, 3.05) is 26.3 Å². The Bertz CT molecular complexity index is 95.9. The van der Waals surface area contributed by atoms with Crippen LogP contribution < -0.4 is 5.32 Å². The van der Waals surface area contributed by atoms with E-state index in [9.17, 15) is 0 Å². The quantitative estimate of drug-likeness (QED) is 0.433. The molecule has 0 spiro atoms. The van der Waals surface area contributed by atoms with E-state index in [0.717, 1.165) is 32.7 Å². The van der Waals surface area contributed by atoms with Crippen LogP contribution in [0.4, 0.5) is 0 Å². The third kappa shape index (κ3) is 7.48. The molecule has 0 fully saturated rings. The Balaban J connectivity index is 2.72. The van der Waals surface area contributed by atoms with E-state index in [1.165, 1.54) is 0 Å². The third-order valence-electron chi connectivity index (χ3n) is 1.07. The first-order valence-electron chi connectivity index (χ1n) is 3.63. The number of rotatable bonds is 6. The van der Waals surface area contributed by atoms with Gasteiger partial charge in [-0.2, -0.15) is 0 Å². The molecule has 0 radical (unpaired) electrons. The average molecular weight is 141 g/mol. The number of terminal acetylenes is 1. The highest BCUT2D eigenvalue weighted by molar-refractivity contribution is 4.83.